The fourth-order valence-electron chi connectivity index (χ4n) is 3.99. The monoisotopic (exact) mass is 420 g/mol. The van der Waals surface area contributed by atoms with Crippen LogP contribution in [0.2, 0.25) is 0 Å². The van der Waals surface area contributed by atoms with Crippen LogP contribution in [0.3, 0.4) is 0 Å². The van der Waals surface area contributed by atoms with Crippen molar-refractivity contribution >= 4 is 5.57 Å². The van der Waals surface area contributed by atoms with Crippen LogP contribution in [0.15, 0.2) is 60.7 Å². The van der Waals surface area contributed by atoms with Gasteiger partial charge in [0, 0.05) is 0 Å². The summed E-state index contributed by atoms with van der Waals surface area (Å²) in [5.41, 5.74) is 6.75. The molecular weight excluding hydrogens is 380 g/mol. The lowest BCUT2D eigenvalue weighted by molar-refractivity contribution is 0.0828. The highest BCUT2D eigenvalue weighted by Crippen LogP contribution is 2.23. The second kappa shape index (κ2) is 12.0. The fraction of sp³-hybridized carbons (Fsp3) is 0.448. The molecule has 0 saturated carbocycles. The van der Waals surface area contributed by atoms with Gasteiger partial charge in [-0.15, -0.1) is 0 Å². The van der Waals surface area contributed by atoms with Gasteiger partial charge in [0.25, 0.3) is 0 Å². The molecule has 2 N–H and O–H groups in total. The lowest BCUT2D eigenvalue weighted by atomic mass is 9.94. The number of rotatable bonds is 11. The summed E-state index contributed by atoms with van der Waals surface area (Å²) >= 11 is 0. The average Bonchev–Trinajstić information content (AvgIpc) is 2.80. The zero-order chi connectivity index (χ0) is 22.9. The molecule has 0 aliphatic heterocycles. The number of hydrogen-bond acceptors (Lipinski definition) is 2. The molecule has 1 unspecified atom stereocenters. The third-order valence-corrected chi connectivity index (χ3v) is 6.35. The Morgan fingerprint density at radius 3 is 2.23 bits per heavy atom. The van der Waals surface area contributed by atoms with Crippen molar-refractivity contribution in [3.05, 3.63) is 88.5 Å². The van der Waals surface area contributed by atoms with Crippen LogP contribution in [-0.4, -0.2) is 15.8 Å². The molecule has 31 heavy (non-hydrogen) atoms. The van der Waals surface area contributed by atoms with Crippen LogP contribution in [0.4, 0.5) is 0 Å². The molecule has 168 valence electrons. The largest absolute Gasteiger partial charge is 0.389 e. The van der Waals surface area contributed by atoms with Gasteiger partial charge in [0.1, 0.15) is 0 Å². The molecule has 2 aromatic rings. The Kier molecular flexibility index (Phi) is 9.74. The van der Waals surface area contributed by atoms with Gasteiger partial charge in [0.15, 0.2) is 0 Å². The maximum Gasteiger partial charge on any atom is 0.0825 e. The van der Waals surface area contributed by atoms with Crippen molar-refractivity contribution in [2.75, 3.05) is 0 Å². The van der Waals surface area contributed by atoms with Gasteiger partial charge in [-0.2, -0.15) is 0 Å². The Hall–Kier alpha value is -2.16. The Labute approximate surface area is 189 Å². The SMILES string of the molecule is CC/C(=C\C=C\C(O)(CC)CC)c1cccc(CCc2ccc(C(C)O)c(CC)c2)c1. The molecule has 2 nitrogen and oxygen atoms in total. The van der Waals surface area contributed by atoms with E-state index in [4.69, 9.17) is 0 Å². The molecule has 0 saturated heterocycles. The second-order valence-corrected chi connectivity index (χ2v) is 8.48. The first-order valence-corrected chi connectivity index (χ1v) is 11.9. The van der Waals surface area contributed by atoms with Crippen LogP contribution < -0.4 is 0 Å². The molecule has 2 aromatic carbocycles. The maximum atomic E-state index is 10.5. The minimum Gasteiger partial charge on any atom is -0.389 e. The first-order chi connectivity index (χ1) is 14.9. The van der Waals surface area contributed by atoms with Gasteiger partial charge < -0.3 is 10.2 Å². The molecule has 0 aromatic heterocycles. The van der Waals surface area contributed by atoms with Gasteiger partial charge in [-0.05, 0) is 78.8 Å². The number of allylic oxidation sites excluding steroid dienone is 3. The van der Waals surface area contributed by atoms with Crippen molar-refractivity contribution in [2.24, 2.45) is 0 Å². The van der Waals surface area contributed by atoms with Gasteiger partial charge in [-0.25, -0.2) is 0 Å². The zero-order valence-corrected chi connectivity index (χ0v) is 20.0. The highest BCUT2D eigenvalue weighted by atomic mass is 16.3. The Morgan fingerprint density at radius 1 is 0.968 bits per heavy atom. The molecule has 0 bridgehead atoms. The summed E-state index contributed by atoms with van der Waals surface area (Å²) in [6.07, 6.45) is 11.0. The maximum absolute atomic E-state index is 10.5. The summed E-state index contributed by atoms with van der Waals surface area (Å²) in [6, 6.07) is 15.3. The second-order valence-electron chi connectivity index (χ2n) is 8.48. The molecule has 1 atom stereocenters. The first-order valence-electron chi connectivity index (χ1n) is 11.9. The minimum atomic E-state index is -0.710. The molecule has 0 aliphatic rings. The molecule has 0 aliphatic carbocycles. The van der Waals surface area contributed by atoms with E-state index in [-0.39, 0.29) is 0 Å². The number of hydrogen-bond donors (Lipinski definition) is 2. The molecule has 0 spiro atoms. The van der Waals surface area contributed by atoms with Crippen molar-refractivity contribution in [1.29, 1.82) is 0 Å². The quantitative estimate of drug-likeness (QED) is 0.385. The highest BCUT2D eigenvalue weighted by Gasteiger charge is 2.16. The summed E-state index contributed by atoms with van der Waals surface area (Å²) in [5, 5.41) is 20.4. The van der Waals surface area contributed by atoms with E-state index in [9.17, 15) is 10.2 Å². The summed E-state index contributed by atoms with van der Waals surface area (Å²) in [6.45, 7) is 10.2. The van der Waals surface area contributed by atoms with E-state index < -0.39 is 11.7 Å². The van der Waals surface area contributed by atoms with Gasteiger partial charge in [0.2, 0.25) is 0 Å². The molecule has 0 radical (unpaired) electrons. The molecule has 2 heteroatoms. The number of benzene rings is 2. The molecule has 2 rings (SSSR count). The Balaban J connectivity index is 2.14. The molecular formula is C29H40O2. The lowest BCUT2D eigenvalue weighted by Gasteiger charge is -2.20. The van der Waals surface area contributed by atoms with E-state index in [0.29, 0.717) is 0 Å². The normalized spacial score (nSPS) is 13.7. The average molecular weight is 421 g/mol. The van der Waals surface area contributed by atoms with E-state index in [2.05, 4.69) is 62.4 Å². The Morgan fingerprint density at radius 2 is 1.65 bits per heavy atom. The van der Waals surface area contributed by atoms with Gasteiger partial charge in [0.05, 0.1) is 11.7 Å². The van der Waals surface area contributed by atoms with Crippen molar-refractivity contribution in [3.63, 3.8) is 0 Å². The van der Waals surface area contributed by atoms with Crippen molar-refractivity contribution in [2.45, 2.75) is 84.8 Å². The van der Waals surface area contributed by atoms with E-state index in [1.54, 1.807) is 0 Å². The van der Waals surface area contributed by atoms with Crippen LogP contribution in [0.1, 0.15) is 87.8 Å². The third-order valence-electron chi connectivity index (χ3n) is 6.35. The topological polar surface area (TPSA) is 40.5 Å². The van der Waals surface area contributed by atoms with Gasteiger partial charge >= 0.3 is 0 Å². The van der Waals surface area contributed by atoms with E-state index >= 15 is 0 Å². The van der Waals surface area contributed by atoms with Gasteiger partial charge in [-0.1, -0.05) is 88.4 Å². The number of aliphatic hydroxyl groups excluding tert-OH is 1. The predicted molar refractivity (Wildman–Crippen MR) is 133 cm³/mol. The highest BCUT2D eigenvalue weighted by molar-refractivity contribution is 5.67. The zero-order valence-electron chi connectivity index (χ0n) is 20.0. The smallest absolute Gasteiger partial charge is 0.0825 e. The van der Waals surface area contributed by atoms with Crippen molar-refractivity contribution < 1.29 is 10.2 Å². The number of aryl methyl sites for hydroxylation is 3. The summed E-state index contributed by atoms with van der Waals surface area (Å²) in [7, 11) is 0. The van der Waals surface area contributed by atoms with Crippen molar-refractivity contribution in [3.8, 4) is 0 Å². The molecule has 0 amide bonds. The van der Waals surface area contributed by atoms with Crippen LogP contribution in [0.25, 0.3) is 5.57 Å². The number of aliphatic hydroxyl groups is 2. The van der Waals surface area contributed by atoms with Crippen LogP contribution >= 0.6 is 0 Å². The van der Waals surface area contributed by atoms with Crippen molar-refractivity contribution in [1.82, 2.24) is 0 Å². The predicted octanol–water partition coefficient (Wildman–Crippen LogP) is 6.99. The van der Waals surface area contributed by atoms with E-state index in [1.165, 1.54) is 27.8 Å². The van der Waals surface area contributed by atoms with E-state index in [1.807, 2.05) is 32.9 Å². The summed E-state index contributed by atoms with van der Waals surface area (Å²) < 4.78 is 0. The lowest BCUT2D eigenvalue weighted by Crippen LogP contribution is -2.22. The molecule has 0 fully saturated rings. The fourth-order valence-corrected chi connectivity index (χ4v) is 3.99. The van der Waals surface area contributed by atoms with Gasteiger partial charge in [-0.3, -0.25) is 0 Å². The van der Waals surface area contributed by atoms with Crippen LogP contribution in [-0.2, 0) is 19.3 Å². The summed E-state index contributed by atoms with van der Waals surface area (Å²) in [4.78, 5) is 0. The minimum absolute atomic E-state index is 0.417. The first kappa shape index (κ1) is 25.1. The standard InChI is InChI=1S/C29H40O2/c1-6-25(14-11-19-29(31,8-3)9-4)27-13-10-12-23(21-27)15-16-24-17-18-28(22(5)30)26(7-2)20-24/h10-14,17-22,30-31H,6-9,15-16H2,1-5H3/b19-11+,25-14+. The van der Waals surface area contributed by atoms with E-state index in [0.717, 1.165) is 44.1 Å². The third kappa shape index (κ3) is 7.19. The Bertz CT molecular complexity index is 885. The summed E-state index contributed by atoms with van der Waals surface area (Å²) in [5.74, 6) is 0. The van der Waals surface area contributed by atoms with Crippen LogP contribution in [0.5, 0.6) is 0 Å². The molecule has 0 heterocycles. The van der Waals surface area contributed by atoms with Crippen LogP contribution in [0, 0.1) is 0 Å².